The molecule has 1 aromatic heterocycles. The van der Waals surface area contributed by atoms with E-state index in [9.17, 15) is 8.78 Å². The van der Waals surface area contributed by atoms with Crippen LogP contribution >= 0.6 is 15.9 Å². The zero-order valence-corrected chi connectivity index (χ0v) is 10.3. The molecule has 0 bridgehead atoms. The molecule has 0 spiro atoms. The number of hydrogen-bond acceptors (Lipinski definition) is 3. The number of rotatable bonds is 2. The first-order valence-electron chi connectivity index (χ1n) is 4.69. The first kappa shape index (κ1) is 11.9. The number of aromatic nitrogens is 2. The normalized spacial score (nSPS) is 10.4. The Morgan fingerprint density at radius 2 is 1.94 bits per heavy atom. The van der Waals surface area contributed by atoms with Crippen LogP contribution in [0.2, 0.25) is 0 Å². The lowest BCUT2D eigenvalue weighted by atomic mass is 10.3. The monoisotopic (exact) mass is 300 g/mol. The van der Waals surface area contributed by atoms with Gasteiger partial charge < -0.3 is 4.74 Å². The van der Waals surface area contributed by atoms with Gasteiger partial charge in [0, 0.05) is 10.5 Å². The zero-order valence-electron chi connectivity index (χ0n) is 8.75. The molecule has 0 radical (unpaired) electrons. The summed E-state index contributed by atoms with van der Waals surface area (Å²) in [6, 6.07) is 5.53. The predicted molar refractivity (Wildman–Crippen MR) is 60.9 cm³/mol. The van der Waals surface area contributed by atoms with Gasteiger partial charge in [-0.15, -0.1) is 5.10 Å². The standard InChI is InChI=1S/C11H7BrF2N2O/c1-6-2-3-10(16-15-6)17-9-5-7(12)4-8(13)11(9)14/h2-5H,1H3. The Morgan fingerprint density at radius 1 is 1.18 bits per heavy atom. The highest BCUT2D eigenvalue weighted by atomic mass is 79.9. The van der Waals surface area contributed by atoms with E-state index >= 15 is 0 Å². The second kappa shape index (κ2) is 4.75. The smallest absolute Gasteiger partial charge is 0.239 e. The van der Waals surface area contributed by atoms with Crippen molar-refractivity contribution < 1.29 is 13.5 Å². The summed E-state index contributed by atoms with van der Waals surface area (Å²) in [7, 11) is 0. The molecule has 1 aromatic carbocycles. The molecule has 0 amide bonds. The van der Waals surface area contributed by atoms with Gasteiger partial charge in [0.1, 0.15) is 0 Å². The minimum Gasteiger partial charge on any atom is -0.434 e. The van der Waals surface area contributed by atoms with E-state index in [2.05, 4.69) is 26.1 Å². The highest BCUT2D eigenvalue weighted by Gasteiger charge is 2.12. The quantitative estimate of drug-likeness (QED) is 0.795. The Hall–Kier alpha value is -1.56. The first-order valence-corrected chi connectivity index (χ1v) is 5.48. The molecule has 0 atom stereocenters. The molecule has 2 rings (SSSR count). The van der Waals surface area contributed by atoms with E-state index < -0.39 is 11.6 Å². The van der Waals surface area contributed by atoms with Crippen LogP contribution in [0.15, 0.2) is 28.7 Å². The fourth-order valence-electron chi connectivity index (χ4n) is 1.16. The van der Waals surface area contributed by atoms with Gasteiger partial charge in [-0.2, -0.15) is 9.49 Å². The Bertz CT molecular complexity index is 546. The van der Waals surface area contributed by atoms with Crippen LogP contribution in [0.4, 0.5) is 8.78 Å². The van der Waals surface area contributed by atoms with Crippen molar-refractivity contribution in [2.45, 2.75) is 6.92 Å². The molecule has 2 aromatic rings. The lowest BCUT2D eigenvalue weighted by Crippen LogP contribution is -1.95. The fraction of sp³-hybridized carbons (Fsp3) is 0.0909. The van der Waals surface area contributed by atoms with Crippen LogP contribution in [-0.4, -0.2) is 10.2 Å². The molecule has 0 unspecified atom stereocenters. The van der Waals surface area contributed by atoms with Crippen LogP contribution in [0.1, 0.15) is 5.69 Å². The number of ether oxygens (including phenoxy) is 1. The van der Waals surface area contributed by atoms with Gasteiger partial charge >= 0.3 is 0 Å². The van der Waals surface area contributed by atoms with E-state index in [0.29, 0.717) is 10.2 Å². The molecule has 6 heteroatoms. The molecule has 0 N–H and O–H groups in total. The Kier molecular flexibility index (Phi) is 3.33. The summed E-state index contributed by atoms with van der Waals surface area (Å²) < 4.78 is 32.0. The van der Waals surface area contributed by atoms with Crippen LogP contribution in [0.5, 0.6) is 11.6 Å². The molecule has 0 aliphatic carbocycles. The van der Waals surface area contributed by atoms with Crippen molar-refractivity contribution in [3.05, 3.63) is 46.1 Å². The van der Waals surface area contributed by atoms with Gasteiger partial charge in [-0.3, -0.25) is 0 Å². The summed E-state index contributed by atoms with van der Waals surface area (Å²) in [5.74, 6) is -2.19. The average molecular weight is 301 g/mol. The summed E-state index contributed by atoms with van der Waals surface area (Å²) in [5, 5.41) is 7.44. The highest BCUT2D eigenvalue weighted by molar-refractivity contribution is 9.10. The largest absolute Gasteiger partial charge is 0.434 e. The number of aryl methyl sites for hydroxylation is 1. The van der Waals surface area contributed by atoms with Gasteiger partial charge in [-0.25, -0.2) is 4.39 Å². The average Bonchev–Trinajstić information content (AvgIpc) is 2.28. The van der Waals surface area contributed by atoms with Gasteiger partial charge in [-0.05, 0) is 25.1 Å². The van der Waals surface area contributed by atoms with Crippen molar-refractivity contribution in [3.8, 4) is 11.6 Å². The summed E-state index contributed by atoms with van der Waals surface area (Å²) in [6.45, 7) is 1.76. The van der Waals surface area contributed by atoms with E-state index in [1.165, 1.54) is 12.1 Å². The minimum atomic E-state index is -1.06. The first-order chi connectivity index (χ1) is 8.06. The molecular formula is C11H7BrF2N2O. The van der Waals surface area contributed by atoms with E-state index in [1.807, 2.05) is 0 Å². The molecule has 0 saturated carbocycles. The Balaban J connectivity index is 2.32. The van der Waals surface area contributed by atoms with Crippen molar-refractivity contribution in [1.82, 2.24) is 10.2 Å². The topological polar surface area (TPSA) is 35.0 Å². The maximum absolute atomic E-state index is 13.4. The van der Waals surface area contributed by atoms with Crippen molar-refractivity contribution in [2.75, 3.05) is 0 Å². The lowest BCUT2D eigenvalue weighted by molar-refractivity contribution is 0.400. The number of hydrogen-bond donors (Lipinski definition) is 0. The van der Waals surface area contributed by atoms with E-state index in [1.54, 1.807) is 13.0 Å². The third kappa shape index (κ3) is 2.76. The fourth-order valence-corrected chi connectivity index (χ4v) is 1.57. The molecular weight excluding hydrogens is 294 g/mol. The number of halogens is 3. The molecule has 0 fully saturated rings. The zero-order chi connectivity index (χ0) is 12.4. The van der Waals surface area contributed by atoms with Gasteiger partial charge in [0.15, 0.2) is 11.6 Å². The lowest BCUT2D eigenvalue weighted by Gasteiger charge is -2.06. The molecule has 17 heavy (non-hydrogen) atoms. The van der Waals surface area contributed by atoms with E-state index in [4.69, 9.17) is 4.74 Å². The number of benzene rings is 1. The van der Waals surface area contributed by atoms with Crippen LogP contribution in [-0.2, 0) is 0 Å². The summed E-state index contributed by atoms with van der Waals surface area (Å²) in [6.07, 6.45) is 0. The third-order valence-electron chi connectivity index (χ3n) is 1.95. The van der Waals surface area contributed by atoms with E-state index in [0.717, 1.165) is 6.07 Å². The summed E-state index contributed by atoms with van der Waals surface area (Å²) in [5.41, 5.74) is 0.707. The SMILES string of the molecule is Cc1ccc(Oc2cc(Br)cc(F)c2F)nn1. The van der Waals surface area contributed by atoms with Gasteiger partial charge in [0.05, 0.1) is 5.69 Å². The van der Waals surface area contributed by atoms with Crippen molar-refractivity contribution in [3.63, 3.8) is 0 Å². The number of nitrogens with zero attached hydrogens (tertiary/aromatic N) is 2. The van der Waals surface area contributed by atoms with Gasteiger partial charge in [0.25, 0.3) is 0 Å². The Labute approximate surface area is 105 Å². The van der Waals surface area contributed by atoms with Crippen LogP contribution in [0, 0.1) is 18.6 Å². The van der Waals surface area contributed by atoms with Crippen LogP contribution < -0.4 is 4.74 Å². The second-order valence-electron chi connectivity index (χ2n) is 3.31. The van der Waals surface area contributed by atoms with Gasteiger partial charge in [-0.1, -0.05) is 15.9 Å². The van der Waals surface area contributed by atoms with Crippen molar-refractivity contribution >= 4 is 15.9 Å². The van der Waals surface area contributed by atoms with Crippen LogP contribution in [0.25, 0.3) is 0 Å². The molecule has 88 valence electrons. The van der Waals surface area contributed by atoms with Crippen molar-refractivity contribution in [2.24, 2.45) is 0 Å². The maximum Gasteiger partial charge on any atom is 0.239 e. The van der Waals surface area contributed by atoms with Crippen LogP contribution in [0.3, 0.4) is 0 Å². The predicted octanol–water partition coefficient (Wildman–Crippen LogP) is 3.62. The minimum absolute atomic E-state index is 0.104. The molecule has 1 heterocycles. The molecule has 0 saturated heterocycles. The summed E-state index contributed by atoms with van der Waals surface area (Å²) >= 11 is 3.05. The maximum atomic E-state index is 13.4. The Morgan fingerprint density at radius 3 is 2.59 bits per heavy atom. The van der Waals surface area contributed by atoms with Crippen molar-refractivity contribution in [1.29, 1.82) is 0 Å². The molecule has 0 aliphatic rings. The highest BCUT2D eigenvalue weighted by Crippen LogP contribution is 2.28. The molecule has 3 nitrogen and oxygen atoms in total. The van der Waals surface area contributed by atoms with Gasteiger partial charge in [0.2, 0.25) is 11.7 Å². The third-order valence-corrected chi connectivity index (χ3v) is 2.41. The van der Waals surface area contributed by atoms with E-state index in [-0.39, 0.29) is 11.6 Å². The summed E-state index contributed by atoms with van der Waals surface area (Å²) in [4.78, 5) is 0. The second-order valence-corrected chi connectivity index (χ2v) is 4.23. The molecule has 0 aliphatic heterocycles.